The molecule has 2 aliphatic carbocycles. The molecule has 3 aliphatic rings. The number of hydrogen-bond acceptors (Lipinski definition) is 3. The van der Waals surface area contributed by atoms with Gasteiger partial charge in [0.25, 0.3) is 0 Å². The number of allylic oxidation sites excluding steroid dienone is 1. The standard InChI is InChI=1S/C17H27NO3S/c1-5-6-12(2)9-15(19)18-14-10-13-7-8-17(14,16(13,3)4)11-22(18,20)21/h5,12-14H,1,6-11H2,2-4H3/t12-,13+,14+,17-/m0/s1. The van der Waals surface area contributed by atoms with Gasteiger partial charge in [0.1, 0.15) is 0 Å². The molecule has 0 N–H and O–H groups in total. The fourth-order valence-electron chi connectivity index (χ4n) is 5.37. The van der Waals surface area contributed by atoms with E-state index in [9.17, 15) is 13.2 Å². The first kappa shape index (κ1) is 16.0. The third kappa shape index (κ3) is 1.93. The number of sulfonamides is 1. The van der Waals surface area contributed by atoms with Crippen LogP contribution in [0.25, 0.3) is 0 Å². The predicted octanol–water partition coefficient (Wildman–Crippen LogP) is 2.96. The first-order valence-electron chi connectivity index (χ1n) is 8.31. The Morgan fingerprint density at radius 2 is 2.14 bits per heavy atom. The molecule has 2 bridgehead atoms. The van der Waals surface area contributed by atoms with E-state index in [4.69, 9.17) is 0 Å². The molecule has 4 atom stereocenters. The summed E-state index contributed by atoms with van der Waals surface area (Å²) in [4.78, 5) is 12.7. The molecule has 1 heterocycles. The second-order valence-electron chi connectivity index (χ2n) is 8.14. The van der Waals surface area contributed by atoms with Crippen LogP contribution in [0, 0.1) is 22.7 Å². The minimum absolute atomic E-state index is 0.0203. The molecule has 0 unspecified atom stereocenters. The van der Waals surface area contributed by atoms with E-state index in [0.717, 1.165) is 25.7 Å². The Morgan fingerprint density at radius 3 is 2.73 bits per heavy atom. The molecule has 0 aromatic rings. The molecule has 1 spiro atoms. The van der Waals surface area contributed by atoms with Crippen molar-refractivity contribution < 1.29 is 13.2 Å². The highest BCUT2D eigenvalue weighted by Gasteiger charge is 2.72. The molecule has 0 radical (unpaired) electrons. The van der Waals surface area contributed by atoms with Gasteiger partial charge in [-0.2, -0.15) is 0 Å². The molecule has 1 saturated heterocycles. The summed E-state index contributed by atoms with van der Waals surface area (Å²) in [6.07, 6.45) is 5.73. The molecule has 124 valence electrons. The van der Waals surface area contributed by atoms with Crippen LogP contribution in [0.2, 0.25) is 0 Å². The maximum absolute atomic E-state index is 12.7. The van der Waals surface area contributed by atoms with Crippen molar-refractivity contribution in [1.82, 2.24) is 4.31 Å². The van der Waals surface area contributed by atoms with E-state index in [0.29, 0.717) is 12.3 Å². The first-order valence-corrected chi connectivity index (χ1v) is 9.92. The fraction of sp³-hybridized carbons (Fsp3) is 0.824. The number of carbonyl (C=O) groups excluding carboxylic acids is 1. The molecule has 1 aliphatic heterocycles. The van der Waals surface area contributed by atoms with E-state index >= 15 is 0 Å². The second kappa shape index (κ2) is 4.83. The highest BCUT2D eigenvalue weighted by Crippen LogP contribution is 2.70. The normalized spacial score (nSPS) is 38.8. The average Bonchev–Trinajstić information content (AvgIpc) is 2.85. The van der Waals surface area contributed by atoms with Gasteiger partial charge in [-0.3, -0.25) is 4.79 Å². The van der Waals surface area contributed by atoms with Crippen LogP contribution in [0.1, 0.15) is 52.9 Å². The van der Waals surface area contributed by atoms with Crippen molar-refractivity contribution in [1.29, 1.82) is 0 Å². The van der Waals surface area contributed by atoms with Gasteiger partial charge in [-0.25, -0.2) is 12.7 Å². The lowest BCUT2D eigenvalue weighted by molar-refractivity contribution is -0.129. The Kier molecular flexibility index (Phi) is 3.52. The van der Waals surface area contributed by atoms with E-state index in [2.05, 4.69) is 20.4 Å². The smallest absolute Gasteiger partial charge is 0.238 e. The van der Waals surface area contributed by atoms with Gasteiger partial charge in [0.2, 0.25) is 15.9 Å². The second-order valence-corrected chi connectivity index (χ2v) is 9.99. The third-order valence-electron chi connectivity index (χ3n) is 6.75. The predicted molar refractivity (Wildman–Crippen MR) is 86.6 cm³/mol. The Hall–Kier alpha value is -0.840. The van der Waals surface area contributed by atoms with Crippen molar-refractivity contribution in [3.05, 3.63) is 12.7 Å². The van der Waals surface area contributed by atoms with Gasteiger partial charge in [0.15, 0.2) is 0 Å². The minimum Gasteiger partial charge on any atom is -0.274 e. The van der Waals surface area contributed by atoms with Crippen LogP contribution in [0.15, 0.2) is 12.7 Å². The molecule has 0 aromatic carbocycles. The lowest BCUT2D eigenvalue weighted by Gasteiger charge is -2.37. The van der Waals surface area contributed by atoms with Gasteiger partial charge in [0.05, 0.1) is 11.8 Å². The van der Waals surface area contributed by atoms with Gasteiger partial charge < -0.3 is 0 Å². The van der Waals surface area contributed by atoms with Gasteiger partial charge in [-0.1, -0.05) is 26.8 Å². The van der Waals surface area contributed by atoms with Crippen LogP contribution in [0.5, 0.6) is 0 Å². The number of fused-ring (bicyclic) bond motifs is 1. The van der Waals surface area contributed by atoms with E-state index in [1.807, 2.05) is 6.92 Å². The molecule has 1 amide bonds. The van der Waals surface area contributed by atoms with Crippen molar-refractivity contribution >= 4 is 15.9 Å². The summed E-state index contributed by atoms with van der Waals surface area (Å²) in [7, 11) is -3.46. The maximum Gasteiger partial charge on any atom is 0.238 e. The minimum atomic E-state index is -3.46. The summed E-state index contributed by atoms with van der Waals surface area (Å²) in [6, 6.07) is -0.102. The molecular formula is C17H27NO3S. The molecule has 22 heavy (non-hydrogen) atoms. The Balaban J connectivity index is 1.90. The third-order valence-corrected chi connectivity index (χ3v) is 8.69. The Bertz CT molecular complexity index is 609. The number of carbonyl (C=O) groups is 1. The van der Waals surface area contributed by atoms with Crippen LogP contribution in [0.4, 0.5) is 0 Å². The van der Waals surface area contributed by atoms with Crippen LogP contribution < -0.4 is 0 Å². The quantitative estimate of drug-likeness (QED) is 0.747. The molecule has 0 aromatic heterocycles. The van der Waals surface area contributed by atoms with E-state index in [1.54, 1.807) is 6.08 Å². The number of nitrogens with zero attached hydrogens (tertiary/aromatic N) is 1. The maximum atomic E-state index is 12.7. The van der Waals surface area contributed by atoms with Gasteiger partial charge in [0, 0.05) is 11.8 Å². The molecule has 2 saturated carbocycles. The number of rotatable bonds is 4. The summed E-state index contributed by atoms with van der Waals surface area (Å²) in [6.45, 7) is 10.1. The largest absolute Gasteiger partial charge is 0.274 e. The van der Waals surface area contributed by atoms with Crippen LogP contribution in [0.3, 0.4) is 0 Å². The highest BCUT2D eigenvalue weighted by atomic mass is 32.2. The highest BCUT2D eigenvalue weighted by molar-refractivity contribution is 7.90. The summed E-state index contributed by atoms with van der Waals surface area (Å²) < 4.78 is 26.7. The van der Waals surface area contributed by atoms with Crippen molar-refractivity contribution in [2.45, 2.75) is 58.9 Å². The summed E-state index contributed by atoms with van der Waals surface area (Å²) >= 11 is 0. The Labute approximate surface area is 134 Å². The Morgan fingerprint density at radius 1 is 1.45 bits per heavy atom. The molecule has 3 rings (SSSR count). The monoisotopic (exact) mass is 325 g/mol. The lowest BCUT2D eigenvalue weighted by atomic mass is 9.69. The van der Waals surface area contributed by atoms with E-state index < -0.39 is 10.0 Å². The molecule has 4 nitrogen and oxygen atoms in total. The van der Waals surface area contributed by atoms with Crippen LogP contribution in [-0.4, -0.2) is 30.4 Å². The van der Waals surface area contributed by atoms with E-state index in [-0.39, 0.29) is 34.4 Å². The van der Waals surface area contributed by atoms with E-state index in [1.165, 1.54) is 4.31 Å². The van der Waals surface area contributed by atoms with Crippen molar-refractivity contribution in [3.8, 4) is 0 Å². The number of hydrogen-bond donors (Lipinski definition) is 0. The fourth-order valence-corrected chi connectivity index (χ4v) is 7.93. The molecular weight excluding hydrogens is 298 g/mol. The average molecular weight is 325 g/mol. The zero-order valence-electron chi connectivity index (χ0n) is 13.8. The zero-order chi connectivity index (χ0) is 16.3. The topological polar surface area (TPSA) is 54.5 Å². The van der Waals surface area contributed by atoms with Gasteiger partial charge in [-0.05, 0) is 42.9 Å². The van der Waals surface area contributed by atoms with Gasteiger partial charge in [-0.15, -0.1) is 6.58 Å². The number of amides is 1. The summed E-state index contributed by atoms with van der Waals surface area (Å²) in [5.74, 6) is 0.646. The first-order chi connectivity index (χ1) is 10.2. The van der Waals surface area contributed by atoms with Gasteiger partial charge >= 0.3 is 0 Å². The van der Waals surface area contributed by atoms with Crippen molar-refractivity contribution in [2.75, 3.05) is 5.75 Å². The van der Waals surface area contributed by atoms with Crippen molar-refractivity contribution in [2.24, 2.45) is 22.7 Å². The zero-order valence-corrected chi connectivity index (χ0v) is 14.7. The summed E-state index contributed by atoms with van der Waals surface area (Å²) in [5.41, 5.74) is -0.194. The SMILES string of the molecule is C=CC[C@H](C)CC(=O)N1[C@@H]2C[C@H]3CC[C@@]2(CS1(=O)=O)C3(C)C. The van der Waals surface area contributed by atoms with Crippen molar-refractivity contribution in [3.63, 3.8) is 0 Å². The molecule has 3 fully saturated rings. The summed E-state index contributed by atoms with van der Waals surface area (Å²) in [5, 5.41) is 0. The molecule has 5 heteroatoms. The van der Waals surface area contributed by atoms with Crippen LogP contribution >= 0.6 is 0 Å². The van der Waals surface area contributed by atoms with Crippen LogP contribution in [-0.2, 0) is 14.8 Å². The lowest BCUT2D eigenvalue weighted by Crippen LogP contribution is -2.44.